The Morgan fingerprint density at radius 2 is 2.23 bits per heavy atom. The zero-order valence-electron chi connectivity index (χ0n) is 9.18. The third kappa shape index (κ3) is 2.96. The molecule has 78 valence electrons. The van der Waals surface area contributed by atoms with Crippen LogP contribution in [-0.4, -0.2) is 25.8 Å². The van der Waals surface area contributed by atoms with Crippen LogP contribution in [0.15, 0.2) is 0 Å². The number of ether oxygens (including phenoxy) is 1. The molecule has 0 amide bonds. The van der Waals surface area contributed by atoms with Crippen molar-refractivity contribution in [3.63, 3.8) is 0 Å². The molecule has 1 N–H and O–H groups in total. The number of nitrogens with one attached hydrogen (secondary N) is 1. The fourth-order valence-corrected chi connectivity index (χ4v) is 2.14. The van der Waals surface area contributed by atoms with Gasteiger partial charge in [-0.05, 0) is 32.2 Å². The maximum absolute atomic E-state index is 5.79. The summed E-state index contributed by atoms with van der Waals surface area (Å²) < 4.78 is 5.79. The molecule has 0 radical (unpaired) electrons. The molecule has 1 saturated heterocycles. The van der Waals surface area contributed by atoms with Crippen LogP contribution in [0.1, 0.15) is 39.5 Å². The van der Waals surface area contributed by atoms with Crippen molar-refractivity contribution in [3.8, 4) is 0 Å². The molecule has 0 spiro atoms. The molecule has 1 aliphatic rings. The highest BCUT2D eigenvalue weighted by Gasteiger charge is 2.26. The van der Waals surface area contributed by atoms with E-state index in [1.165, 1.54) is 25.7 Å². The lowest BCUT2D eigenvalue weighted by atomic mass is 9.90. The van der Waals surface area contributed by atoms with Crippen LogP contribution < -0.4 is 5.32 Å². The Hall–Kier alpha value is -0.0800. The molecule has 3 atom stereocenters. The van der Waals surface area contributed by atoms with E-state index in [1.54, 1.807) is 0 Å². The summed E-state index contributed by atoms with van der Waals surface area (Å²) in [5.41, 5.74) is 0. The van der Waals surface area contributed by atoms with Crippen molar-refractivity contribution < 1.29 is 4.74 Å². The summed E-state index contributed by atoms with van der Waals surface area (Å²) in [6, 6.07) is 0.547. The predicted molar refractivity (Wildman–Crippen MR) is 55.9 cm³/mol. The molecule has 1 aliphatic heterocycles. The Bertz CT molecular complexity index is 132. The molecule has 13 heavy (non-hydrogen) atoms. The molecule has 0 aromatic carbocycles. The minimum absolute atomic E-state index is 0.452. The number of likely N-dealkylation sites (N-methyl/N-ethyl adjacent to an activating group) is 1. The van der Waals surface area contributed by atoms with E-state index in [1.807, 2.05) is 0 Å². The van der Waals surface area contributed by atoms with Gasteiger partial charge in [0.15, 0.2) is 0 Å². The zero-order chi connectivity index (χ0) is 9.68. The molecule has 2 heteroatoms. The van der Waals surface area contributed by atoms with Gasteiger partial charge in [-0.1, -0.05) is 20.3 Å². The quantitative estimate of drug-likeness (QED) is 0.725. The lowest BCUT2D eigenvalue weighted by molar-refractivity contribution is -0.0179. The fourth-order valence-electron chi connectivity index (χ4n) is 2.14. The van der Waals surface area contributed by atoms with Crippen LogP contribution in [0.25, 0.3) is 0 Å². The van der Waals surface area contributed by atoms with Crippen molar-refractivity contribution >= 4 is 0 Å². The first kappa shape index (κ1) is 11.0. The van der Waals surface area contributed by atoms with Crippen molar-refractivity contribution in [1.82, 2.24) is 5.32 Å². The lowest BCUT2D eigenvalue weighted by Crippen LogP contribution is -2.45. The van der Waals surface area contributed by atoms with Gasteiger partial charge in [-0.2, -0.15) is 0 Å². The molecule has 0 bridgehead atoms. The highest BCUT2D eigenvalue weighted by Crippen LogP contribution is 2.21. The maximum Gasteiger partial charge on any atom is 0.0730 e. The topological polar surface area (TPSA) is 21.3 Å². The van der Waals surface area contributed by atoms with Crippen molar-refractivity contribution in [3.05, 3.63) is 0 Å². The van der Waals surface area contributed by atoms with E-state index < -0.39 is 0 Å². The van der Waals surface area contributed by atoms with Crippen LogP contribution in [0.2, 0.25) is 0 Å². The van der Waals surface area contributed by atoms with Gasteiger partial charge in [0.1, 0.15) is 0 Å². The first-order chi connectivity index (χ1) is 6.29. The zero-order valence-corrected chi connectivity index (χ0v) is 9.18. The van der Waals surface area contributed by atoms with Crippen LogP contribution in [0.5, 0.6) is 0 Å². The van der Waals surface area contributed by atoms with Crippen LogP contribution in [0.3, 0.4) is 0 Å². The molecular weight excluding hydrogens is 162 g/mol. The lowest BCUT2D eigenvalue weighted by Gasteiger charge is -2.33. The predicted octanol–water partition coefficient (Wildman–Crippen LogP) is 2.19. The number of hydrogen-bond donors (Lipinski definition) is 1. The second kappa shape index (κ2) is 5.61. The van der Waals surface area contributed by atoms with Gasteiger partial charge < -0.3 is 10.1 Å². The van der Waals surface area contributed by atoms with E-state index in [0.29, 0.717) is 18.1 Å². The van der Waals surface area contributed by atoms with Crippen LogP contribution >= 0.6 is 0 Å². The largest absolute Gasteiger partial charge is 0.377 e. The monoisotopic (exact) mass is 185 g/mol. The Kier molecular flexibility index (Phi) is 4.74. The van der Waals surface area contributed by atoms with Gasteiger partial charge in [-0.3, -0.25) is 0 Å². The third-order valence-electron chi connectivity index (χ3n) is 3.21. The molecule has 2 nitrogen and oxygen atoms in total. The van der Waals surface area contributed by atoms with E-state index in [-0.39, 0.29) is 0 Å². The van der Waals surface area contributed by atoms with Crippen molar-refractivity contribution in [2.45, 2.75) is 51.7 Å². The third-order valence-corrected chi connectivity index (χ3v) is 3.21. The summed E-state index contributed by atoms with van der Waals surface area (Å²) in [5.74, 6) is 0.716. The highest BCUT2D eigenvalue weighted by atomic mass is 16.5. The van der Waals surface area contributed by atoms with Crippen LogP contribution in [0.4, 0.5) is 0 Å². The van der Waals surface area contributed by atoms with Crippen molar-refractivity contribution in [1.29, 1.82) is 0 Å². The number of hydrogen-bond acceptors (Lipinski definition) is 2. The SMILES string of the molecule is CCC(C)C(NC)C1CCCCO1. The van der Waals surface area contributed by atoms with Crippen molar-refractivity contribution in [2.24, 2.45) is 5.92 Å². The summed E-state index contributed by atoms with van der Waals surface area (Å²) in [6.45, 7) is 5.51. The minimum atomic E-state index is 0.452. The van der Waals surface area contributed by atoms with E-state index in [0.717, 1.165) is 6.61 Å². The summed E-state index contributed by atoms with van der Waals surface area (Å²) in [6.07, 6.45) is 5.49. The average Bonchev–Trinajstić information content (AvgIpc) is 2.20. The Balaban J connectivity index is 2.43. The molecule has 0 aromatic heterocycles. The molecule has 0 aliphatic carbocycles. The highest BCUT2D eigenvalue weighted by molar-refractivity contribution is 4.81. The maximum atomic E-state index is 5.79. The minimum Gasteiger partial charge on any atom is -0.377 e. The van der Waals surface area contributed by atoms with Gasteiger partial charge >= 0.3 is 0 Å². The standard InChI is InChI=1S/C11H23NO/c1-4-9(2)11(12-3)10-7-5-6-8-13-10/h9-12H,4-8H2,1-3H3. The van der Waals surface area contributed by atoms with Gasteiger partial charge in [0.25, 0.3) is 0 Å². The van der Waals surface area contributed by atoms with Gasteiger partial charge in [-0.25, -0.2) is 0 Å². The van der Waals surface area contributed by atoms with E-state index in [4.69, 9.17) is 4.74 Å². The summed E-state index contributed by atoms with van der Waals surface area (Å²) in [4.78, 5) is 0. The molecule has 1 heterocycles. The van der Waals surface area contributed by atoms with Crippen LogP contribution in [0, 0.1) is 5.92 Å². The molecule has 1 fully saturated rings. The van der Waals surface area contributed by atoms with Crippen molar-refractivity contribution in [2.75, 3.05) is 13.7 Å². The summed E-state index contributed by atoms with van der Waals surface area (Å²) in [5, 5.41) is 3.40. The molecular formula is C11H23NO. The number of rotatable bonds is 4. The Morgan fingerprint density at radius 1 is 1.46 bits per heavy atom. The van der Waals surface area contributed by atoms with E-state index in [2.05, 4.69) is 26.2 Å². The molecule has 0 aromatic rings. The smallest absolute Gasteiger partial charge is 0.0730 e. The fraction of sp³-hybridized carbons (Fsp3) is 1.00. The molecule has 1 rings (SSSR count). The van der Waals surface area contributed by atoms with E-state index in [9.17, 15) is 0 Å². The Labute approximate surface area is 82.0 Å². The second-order valence-corrected chi connectivity index (χ2v) is 4.11. The first-order valence-corrected chi connectivity index (χ1v) is 5.58. The molecule has 0 saturated carbocycles. The normalized spacial score (nSPS) is 28.4. The Morgan fingerprint density at radius 3 is 2.69 bits per heavy atom. The van der Waals surface area contributed by atoms with Gasteiger partial charge in [-0.15, -0.1) is 0 Å². The summed E-state index contributed by atoms with van der Waals surface area (Å²) >= 11 is 0. The van der Waals surface area contributed by atoms with Gasteiger partial charge in [0, 0.05) is 12.6 Å². The van der Waals surface area contributed by atoms with Gasteiger partial charge in [0.05, 0.1) is 6.10 Å². The average molecular weight is 185 g/mol. The second-order valence-electron chi connectivity index (χ2n) is 4.11. The molecule has 3 unspecified atom stereocenters. The first-order valence-electron chi connectivity index (χ1n) is 5.58. The van der Waals surface area contributed by atoms with Gasteiger partial charge in [0.2, 0.25) is 0 Å². The van der Waals surface area contributed by atoms with Crippen LogP contribution in [-0.2, 0) is 4.74 Å². The van der Waals surface area contributed by atoms with E-state index >= 15 is 0 Å². The summed E-state index contributed by atoms with van der Waals surface area (Å²) in [7, 11) is 2.05.